The predicted molar refractivity (Wildman–Crippen MR) is 59.1 cm³/mol. The number of alkyl halides is 2. The van der Waals surface area contributed by atoms with Crippen LogP contribution in [0, 0.1) is 6.92 Å². The molecule has 1 aromatic rings. The molecule has 2 unspecified atom stereocenters. The van der Waals surface area contributed by atoms with Crippen molar-refractivity contribution < 1.29 is 8.78 Å². The van der Waals surface area contributed by atoms with Gasteiger partial charge in [-0.2, -0.15) is 5.10 Å². The van der Waals surface area contributed by atoms with Crippen LogP contribution >= 0.6 is 0 Å². The number of nitrogens with one attached hydrogen (secondary N) is 1. The lowest BCUT2D eigenvalue weighted by Gasteiger charge is -2.30. The molecule has 16 heavy (non-hydrogen) atoms. The molecule has 90 valence electrons. The van der Waals surface area contributed by atoms with Gasteiger partial charge in [0.15, 0.2) is 0 Å². The van der Waals surface area contributed by atoms with Gasteiger partial charge in [0.05, 0.1) is 5.69 Å². The molecule has 1 N–H and O–H groups in total. The van der Waals surface area contributed by atoms with Crippen LogP contribution in [0.2, 0.25) is 0 Å². The third-order valence-corrected chi connectivity index (χ3v) is 3.16. The van der Waals surface area contributed by atoms with Crippen molar-refractivity contribution in [1.29, 1.82) is 0 Å². The zero-order chi connectivity index (χ0) is 11.9. The Bertz CT molecular complexity index is 387. The number of hydrogen-bond acceptors (Lipinski definition) is 2. The van der Waals surface area contributed by atoms with E-state index in [0.717, 1.165) is 23.5 Å². The zero-order valence-corrected chi connectivity index (χ0v) is 9.80. The second-order valence-corrected chi connectivity index (χ2v) is 4.40. The SMILES string of the molecule is CCc1nn2c(c1C)NC(C)CC2C(F)F. The maximum atomic E-state index is 12.9. The highest BCUT2D eigenvalue weighted by Crippen LogP contribution is 2.34. The van der Waals surface area contributed by atoms with Crippen molar-refractivity contribution in [2.24, 2.45) is 0 Å². The van der Waals surface area contributed by atoms with Crippen LogP contribution in [0.15, 0.2) is 0 Å². The first-order valence-corrected chi connectivity index (χ1v) is 5.67. The number of nitrogens with zero attached hydrogens (tertiary/aromatic N) is 2. The molecule has 0 saturated heterocycles. The second kappa shape index (κ2) is 4.03. The number of fused-ring (bicyclic) bond motifs is 1. The number of rotatable bonds is 2. The molecule has 2 rings (SSSR count). The third-order valence-electron chi connectivity index (χ3n) is 3.16. The van der Waals surface area contributed by atoms with Crippen molar-refractivity contribution in [2.45, 2.75) is 52.1 Å². The maximum absolute atomic E-state index is 12.9. The van der Waals surface area contributed by atoms with Gasteiger partial charge in [-0.05, 0) is 26.7 Å². The molecule has 0 fully saturated rings. The van der Waals surface area contributed by atoms with Gasteiger partial charge in [0.1, 0.15) is 11.9 Å². The minimum atomic E-state index is -2.35. The smallest absolute Gasteiger partial charge is 0.260 e. The average molecular weight is 229 g/mol. The Morgan fingerprint density at radius 3 is 2.81 bits per heavy atom. The molecule has 0 spiro atoms. The largest absolute Gasteiger partial charge is 0.368 e. The van der Waals surface area contributed by atoms with E-state index < -0.39 is 12.5 Å². The Kier molecular flexibility index (Phi) is 2.86. The van der Waals surface area contributed by atoms with Gasteiger partial charge < -0.3 is 5.32 Å². The lowest BCUT2D eigenvalue weighted by Crippen LogP contribution is -2.33. The highest BCUT2D eigenvalue weighted by atomic mass is 19.3. The molecule has 0 saturated carbocycles. The van der Waals surface area contributed by atoms with Crippen LogP contribution in [0.3, 0.4) is 0 Å². The standard InChI is InChI=1S/C11H17F2N3/c1-4-8-7(3)11-14-6(2)5-9(10(12)13)16(11)15-8/h6,9-10,14H,4-5H2,1-3H3. The van der Waals surface area contributed by atoms with E-state index in [1.807, 2.05) is 20.8 Å². The minimum absolute atomic E-state index is 0.0756. The number of aromatic nitrogens is 2. The van der Waals surface area contributed by atoms with Gasteiger partial charge in [-0.1, -0.05) is 6.92 Å². The molecule has 2 atom stereocenters. The Hall–Kier alpha value is -1.13. The van der Waals surface area contributed by atoms with Crippen LogP contribution in [0.25, 0.3) is 0 Å². The van der Waals surface area contributed by atoms with Gasteiger partial charge in [0.25, 0.3) is 6.43 Å². The van der Waals surface area contributed by atoms with Crippen LogP contribution in [0.4, 0.5) is 14.6 Å². The highest BCUT2D eigenvalue weighted by Gasteiger charge is 2.33. The summed E-state index contributed by atoms with van der Waals surface area (Å²) in [6, 6.07) is -0.711. The van der Waals surface area contributed by atoms with E-state index in [-0.39, 0.29) is 6.04 Å². The van der Waals surface area contributed by atoms with E-state index in [2.05, 4.69) is 10.4 Å². The second-order valence-electron chi connectivity index (χ2n) is 4.40. The Labute approximate surface area is 93.8 Å². The van der Waals surface area contributed by atoms with Crippen LogP contribution in [0.1, 0.15) is 37.6 Å². The molecule has 1 aliphatic heterocycles. The number of hydrogen-bond donors (Lipinski definition) is 1. The van der Waals surface area contributed by atoms with Gasteiger partial charge in [-0.3, -0.25) is 0 Å². The van der Waals surface area contributed by atoms with E-state index in [9.17, 15) is 8.78 Å². The summed E-state index contributed by atoms with van der Waals surface area (Å²) in [6.45, 7) is 5.85. The van der Waals surface area contributed by atoms with Crippen molar-refractivity contribution in [3.05, 3.63) is 11.3 Å². The zero-order valence-electron chi connectivity index (χ0n) is 9.80. The first-order valence-electron chi connectivity index (χ1n) is 5.67. The van der Waals surface area contributed by atoms with Crippen LogP contribution in [-0.2, 0) is 6.42 Å². The molecular weight excluding hydrogens is 212 g/mol. The maximum Gasteiger partial charge on any atom is 0.260 e. The van der Waals surface area contributed by atoms with Crippen LogP contribution in [0.5, 0.6) is 0 Å². The molecule has 0 bridgehead atoms. The molecule has 5 heteroatoms. The summed E-state index contributed by atoms with van der Waals surface area (Å²) in [4.78, 5) is 0. The highest BCUT2D eigenvalue weighted by molar-refractivity contribution is 5.49. The molecule has 0 aliphatic carbocycles. The lowest BCUT2D eigenvalue weighted by molar-refractivity contribution is 0.0666. The quantitative estimate of drug-likeness (QED) is 0.845. The van der Waals surface area contributed by atoms with Gasteiger partial charge in [-0.25, -0.2) is 13.5 Å². The summed E-state index contributed by atoms with van der Waals surface area (Å²) in [5.74, 6) is 0.765. The molecule has 1 aliphatic rings. The average Bonchev–Trinajstić information content (AvgIpc) is 2.55. The predicted octanol–water partition coefficient (Wildman–Crippen LogP) is 2.76. The first kappa shape index (κ1) is 11.4. The molecule has 0 radical (unpaired) electrons. The van der Waals surface area contributed by atoms with Crippen molar-refractivity contribution >= 4 is 5.82 Å². The summed E-state index contributed by atoms with van der Waals surface area (Å²) < 4.78 is 27.3. The van der Waals surface area contributed by atoms with E-state index in [1.165, 1.54) is 4.68 Å². The van der Waals surface area contributed by atoms with E-state index >= 15 is 0 Å². The molecular formula is C11H17F2N3. The Morgan fingerprint density at radius 2 is 2.25 bits per heavy atom. The fraction of sp³-hybridized carbons (Fsp3) is 0.727. The van der Waals surface area contributed by atoms with Crippen molar-refractivity contribution in [3.63, 3.8) is 0 Å². The van der Waals surface area contributed by atoms with Gasteiger partial charge in [0, 0.05) is 11.6 Å². The van der Waals surface area contributed by atoms with Gasteiger partial charge >= 0.3 is 0 Å². The molecule has 0 aromatic carbocycles. The normalized spacial score (nSPS) is 24.4. The fourth-order valence-electron chi connectivity index (χ4n) is 2.28. The summed E-state index contributed by atoms with van der Waals surface area (Å²) in [5.41, 5.74) is 1.90. The fourth-order valence-corrected chi connectivity index (χ4v) is 2.28. The lowest BCUT2D eigenvalue weighted by atomic mass is 10.1. The monoisotopic (exact) mass is 229 g/mol. The van der Waals surface area contributed by atoms with E-state index in [4.69, 9.17) is 0 Å². The Balaban J connectivity index is 2.46. The summed E-state index contributed by atoms with van der Waals surface area (Å²) in [7, 11) is 0. The van der Waals surface area contributed by atoms with Crippen LogP contribution < -0.4 is 5.32 Å². The summed E-state index contributed by atoms with van der Waals surface area (Å²) in [6.07, 6.45) is -1.15. The number of anilines is 1. The van der Waals surface area contributed by atoms with E-state index in [0.29, 0.717) is 6.42 Å². The molecule has 0 amide bonds. The van der Waals surface area contributed by atoms with Gasteiger partial charge in [-0.15, -0.1) is 0 Å². The van der Waals surface area contributed by atoms with Gasteiger partial charge in [0.2, 0.25) is 0 Å². The number of halogens is 2. The molecule has 1 aromatic heterocycles. The third kappa shape index (κ3) is 1.68. The Morgan fingerprint density at radius 1 is 1.56 bits per heavy atom. The topological polar surface area (TPSA) is 29.9 Å². The van der Waals surface area contributed by atoms with Crippen LogP contribution in [-0.4, -0.2) is 22.2 Å². The van der Waals surface area contributed by atoms with Crippen molar-refractivity contribution in [1.82, 2.24) is 9.78 Å². The molecule has 2 heterocycles. The van der Waals surface area contributed by atoms with Crippen molar-refractivity contribution in [2.75, 3.05) is 5.32 Å². The molecule has 3 nitrogen and oxygen atoms in total. The summed E-state index contributed by atoms with van der Waals surface area (Å²) >= 11 is 0. The number of aryl methyl sites for hydroxylation is 1. The van der Waals surface area contributed by atoms with E-state index in [1.54, 1.807) is 0 Å². The van der Waals surface area contributed by atoms with Crippen molar-refractivity contribution in [3.8, 4) is 0 Å². The first-order chi connectivity index (χ1) is 7.54. The summed E-state index contributed by atoms with van der Waals surface area (Å²) in [5, 5.41) is 7.51. The minimum Gasteiger partial charge on any atom is -0.368 e.